The molecule has 0 bridgehead atoms. The number of nitrogens with zero attached hydrogens (tertiary/aromatic N) is 2. The Morgan fingerprint density at radius 2 is 2.03 bits per heavy atom. The number of benzene rings is 2. The second kappa shape index (κ2) is 9.06. The zero-order valence-corrected chi connectivity index (χ0v) is 19.3. The molecule has 1 aliphatic rings. The first-order valence-electron chi connectivity index (χ1n) is 10.6. The average molecular weight is 459 g/mol. The van der Waals surface area contributed by atoms with Crippen LogP contribution in [0.5, 0.6) is 0 Å². The third kappa shape index (κ3) is 4.51. The number of aryl methyl sites for hydroxylation is 1. The van der Waals surface area contributed by atoms with Crippen LogP contribution in [-0.4, -0.2) is 44.3 Å². The van der Waals surface area contributed by atoms with Crippen molar-refractivity contribution in [2.24, 2.45) is 0 Å². The van der Waals surface area contributed by atoms with Gasteiger partial charge >= 0.3 is 0 Å². The minimum atomic E-state index is -3.40. The maximum Gasteiger partial charge on any atom is 0.260 e. The van der Waals surface area contributed by atoms with Crippen LogP contribution in [0.25, 0.3) is 10.2 Å². The topological polar surface area (TPSA) is 76.6 Å². The maximum atomic E-state index is 13.6. The Balaban J connectivity index is 1.75. The van der Waals surface area contributed by atoms with Crippen molar-refractivity contribution in [3.63, 3.8) is 0 Å². The van der Waals surface area contributed by atoms with Gasteiger partial charge in [0.25, 0.3) is 5.91 Å². The molecule has 1 saturated heterocycles. The Kier molecular flexibility index (Phi) is 6.41. The summed E-state index contributed by atoms with van der Waals surface area (Å²) in [7, 11) is -3.40. The SMILES string of the molecule is CCc1cccc2sc(N(CC3CCCO3)C(=O)c3cccc(S(=O)(=O)CC)c3)nc12. The fourth-order valence-corrected chi connectivity index (χ4v) is 5.73. The van der Waals surface area contributed by atoms with Gasteiger partial charge in [-0.05, 0) is 49.1 Å². The molecule has 0 radical (unpaired) electrons. The lowest BCUT2D eigenvalue weighted by Crippen LogP contribution is -2.37. The van der Waals surface area contributed by atoms with Gasteiger partial charge in [-0.15, -0.1) is 0 Å². The van der Waals surface area contributed by atoms with E-state index in [-0.39, 0.29) is 22.7 Å². The van der Waals surface area contributed by atoms with E-state index in [4.69, 9.17) is 9.72 Å². The summed E-state index contributed by atoms with van der Waals surface area (Å²) < 4.78 is 31.5. The number of aromatic nitrogens is 1. The number of hydrogen-bond donors (Lipinski definition) is 0. The maximum absolute atomic E-state index is 13.6. The highest BCUT2D eigenvalue weighted by Gasteiger charge is 2.28. The molecule has 0 aliphatic carbocycles. The quantitative estimate of drug-likeness (QED) is 0.522. The van der Waals surface area contributed by atoms with Crippen molar-refractivity contribution in [1.82, 2.24) is 4.98 Å². The smallest absolute Gasteiger partial charge is 0.260 e. The normalized spacial score (nSPS) is 16.6. The van der Waals surface area contributed by atoms with Gasteiger partial charge in [0.05, 0.1) is 33.5 Å². The van der Waals surface area contributed by atoms with E-state index >= 15 is 0 Å². The predicted octanol–water partition coefficient (Wildman–Crippen LogP) is 4.48. The van der Waals surface area contributed by atoms with E-state index in [2.05, 4.69) is 13.0 Å². The fraction of sp³-hybridized carbons (Fsp3) is 0.391. The van der Waals surface area contributed by atoms with E-state index in [0.29, 0.717) is 23.8 Å². The fourth-order valence-electron chi connectivity index (χ4n) is 3.78. The minimum absolute atomic E-state index is 0.0120. The summed E-state index contributed by atoms with van der Waals surface area (Å²) in [4.78, 5) is 20.2. The zero-order chi connectivity index (χ0) is 22.0. The monoisotopic (exact) mass is 458 g/mol. The van der Waals surface area contributed by atoms with Gasteiger partial charge in [0.1, 0.15) is 0 Å². The van der Waals surface area contributed by atoms with Crippen LogP contribution in [0.2, 0.25) is 0 Å². The summed E-state index contributed by atoms with van der Waals surface area (Å²) in [6.45, 7) is 4.77. The molecule has 8 heteroatoms. The highest BCUT2D eigenvalue weighted by atomic mass is 32.2. The van der Waals surface area contributed by atoms with Gasteiger partial charge in [-0.1, -0.05) is 43.4 Å². The third-order valence-electron chi connectivity index (χ3n) is 5.58. The molecule has 1 aromatic heterocycles. The van der Waals surface area contributed by atoms with Crippen molar-refractivity contribution >= 4 is 42.4 Å². The van der Waals surface area contributed by atoms with Crippen LogP contribution >= 0.6 is 11.3 Å². The van der Waals surface area contributed by atoms with Crippen molar-refractivity contribution in [1.29, 1.82) is 0 Å². The number of hydrogen-bond acceptors (Lipinski definition) is 6. The molecule has 1 amide bonds. The lowest BCUT2D eigenvalue weighted by Gasteiger charge is -2.23. The molecule has 164 valence electrons. The molecule has 1 unspecified atom stereocenters. The van der Waals surface area contributed by atoms with Gasteiger partial charge in [-0.3, -0.25) is 9.69 Å². The Morgan fingerprint density at radius 1 is 1.23 bits per heavy atom. The summed E-state index contributed by atoms with van der Waals surface area (Å²) in [6, 6.07) is 12.3. The van der Waals surface area contributed by atoms with Crippen LogP contribution in [0, 0.1) is 0 Å². The van der Waals surface area contributed by atoms with E-state index in [1.165, 1.54) is 23.5 Å². The number of sulfone groups is 1. The number of carbonyl (C=O) groups is 1. The van der Waals surface area contributed by atoms with Crippen molar-refractivity contribution in [2.45, 2.75) is 44.1 Å². The Bertz CT molecular complexity index is 1200. The molecule has 0 saturated carbocycles. The molecule has 0 spiro atoms. The molecule has 31 heavy (non-hydrogen) atoms. The molecule has 1 atom stereocenters. The molecule has 4 rings (SSSR count). The second-order valence-corrected chi connectivity index (χ2v) is 10.9. The van der Waals surface area contributed by atoms with Gasteiger partial charge in [-0.25, -0.2) is 13.4 Å². The molecule has 6 nitrogen and oxygen atoms in total. The zero-order valence-electron chi connectivity index (χ0n) is 17.7. The molecule has 2 aromatic carbocycles. The van der Waals surface area contributed by atoms with Crippen LogP contribution in [0.3, 0.4) is 0 Å². The van der Waals surface area contributed by atoms with E-state index < -0.39 is 9.84 Å². The largest absolute Gasteiger partial charge is 0.376 e. The Labute approximate surface area is 186 Å². The number of para-hydroxylation sites is 1. The number of fused-ring (bicyclic) bond motifs is 1. The lowest BCUT2D eigenvalue weighted by atomic mass is 10.1. The molecule has 1 fully saturated rings. The van der Waals surface area contributed by atoms with E-state index in [1.807, 2.05) is 12.1 Å². The van der Waals surface area contributed by atoms with Crippen LogP contribution in [-0.2, 0) is 21.0 Å². The summed E-state index contributed by atoms with van der Waals surface area (Å²) in [6.07, 6.45) is 2.66. The van der Waals surface area contributed by atoms with Gasteiger partial charge in [0, 0.05) is 12.2 Å². The molecular formula is C23H26N2O4S2. The number of anilines is 1. The van der Waals surface area contributed by atoms with Crippen LogP contribution in [0.1, 0.15) is 42.6 Å². The number of rotatable bonds is 7. The first-order valence-corrected chi connectivity index (χ1v) is 13.0. The Morgan fingerprint density at radius 3 is 2.74 bits per heavy atom. The van der Waals surface area contributed by atoms with Gasteiger partial charge in [-0.2, -0.15) is 0 Å². The first-order chi connectivity index (χ1) is 14.9. The van der Waals surface area contributed by atoms with Crippen molar-refractivity contribution < 1.29 is 17.9 Å². The third-order valence-corrected chi connectivity index (χ3v) is 8.35. The standard InChI is InChI=1S/C23H26N2O4S2/c1-3-16-8-6-12-20-21(16)24-23(30-20)25(15-18-10-7-13-29-18)22(26)17-9-5-11-19(14-17)31(27,28)4-2/h5-6,8-9,11-12,14,18H,3-4,7,10,13,15H2,1-2H3. The number of thiazole rings is 1. The van der Waals surface area contributed by atoms with Crippen LogP contribution in [0.4, 0.5) is 5.13 Å². The minimum Gasteiger partial charge on any atom is -0.376 e. The molecule has 1 aliphatic heterocycles. The average Bonchev–Trinajstić information content (AvgIpc) is 3.46. The van der Waals surface area contributed by atoms with E-state index in [9.17, 15) is 13.2 Å². The Hall–Kier alpha value is -2.29. The first kappa shape index (κ1) is 21.9. The summed E-state index contributed by atoms with van der Waals surface area (Å²) >= 11 is 1.48. The van der Waals surface area contributed by atoms with Gasteiger partial charge < -0.3 is 4.74 Å². The number of ether oxygens (including phenoxy) is 1. The van der Waals surface area contributed by atoms with Crippen molar-refractivity contribution in [3.8, 4) is 0 Å². The lowest BCUT2D eigenvalue weighted by molar-refractivity contribution is 0.0917. The second-order valence-electron chi connectivity index (χ2n) is 7.60. The van der Waals surface area contributed by atoms with Crippen LogP contribution in [0.15, 0.2) is 47.4 Å². The summed E-state index contributed by atoms with van der Waals surface area (Å²) in [5.74, 6) is -0.275. The van der Waals surface area contributed by atoms with Crippen LogP contribution < -0.4 is 4.90 Å². The molecule has 2 heterocycles. The molecule has 3 aromatic rings. The highest BCUT2D eigenvalue weighted by molar-refractivity contribution is 7.91. The predicted molar refractivity (Wildman–Crippen MR) is 124 cm³/mol. The van der Waals surface area contributed by atoms with Crippen molar-refractivity contribution in [2.75, 3.05) is 23.8 Å². The molecule has 0 N–H and O–H groups in total. The highest BCUT2D eigenvalue weighted by Crippen LogP contribution is 2.33. The number of carbonyl (C=O) groups excluding carboxylic acids is 1. The van der Waals surface area contributed by atoms with Gasteiger partial charge in [0.2, 0.25) is 0 Å². The molecular weight excluding hydrogens is 432 g/mol. The number of amides is 1. The van der Waals surface area contributed by atoms with E-state index in [1.54, 1.807) is 24.0 Å². The summed E-state index contributed by atoms with van der Waals surface area (Å²) in [5, 5.41) is 0.611. The van der Waals surface area contributed by atoms with Crippen molar-refractivity contribution in [3.05, 3.63) is 53.6 Å². The van der Waals surface area contributed by atoms with E-state index in [0.717, 1.165) is 35.0 Å². The summed E-state index contributed by atoms with van der Waals surface area (Å²) in [5.41, 5.74) is 2.39. The van der Waals surface area contributed by atoms with Gasteiger partial charge in [0.15, 0.2) is 15.0 Å².